The summed E-state index contributed by atoms with van der Waals surface area (Å²) in [4.78, 5) is 0. The number of rotatable bonds is 1. The van der Waals surface area contributed by atoms with Crippen molar-refractivity contribution in [2.45, 2.75) is 78.3 Å². The maximum Gasteiger partial charge on any atom is 3.00 e. The second-order valence-electron chi connectivity index (χ2n) is 13.0. The second kappa shape index (κ2) is 13.2. The van der Waals surface area contributed by atoms with E-state index in [2.05, 4.69) is 127 Å². The minimum absolute atomic E-state index is 0. The third-order valence-electron chi connectivity index (χ3n) is 7.87. The van der Waals surface area contributed by atoms with Crippen LogP contribution in [0.5, 0.6) is 0 Å². The van der Waals surface area contributed by atoms with Crippen LogP contribution in [0.25, 0.3) is 22.3 Å². The van der Waals surface area contributed by atoms with Crippen LogP contribution >= 0.6 is 0 Å². The topological polar surface area (TPSA) is 0 Å². The van der Waals surface area contributed by atoms with E-state index < -0.39 is 8.80 Å². The first-order chi connectivity index (χ1) is 17.4. The molecule has 0 atom stereocenters. The van der Waals surface area contributed by atoms with Gasteiger partial charge in [-0.15, -0.1) is 5.56 Å². The maximum atomic E-state index is 3.30. The predicted octanol–water partition coefficient (Wildman–Crippen LogP) is 2.88. The van der Waals surface area contributed by atoms with Crippen LogP contribution in [0.1, 0.15) is 74.9 Å². The molecule has 0 N–H and O–H groups in total. The average Bonchev–Trinajstić information content (AvgIpc) is 3.40. The summed E-state index contributed by atoms with van der Waals surface area (Å²) in [7, 11) is -0.503. The van der Waals surface area contributed by atoms with Crippen LogP contribution in [-0.4, -0.2) is 8.80 Å². The molecule has 6 rings (SSSR count). The molecule has 0 saturated heterocycles. The zero-order valence-corrected chi connectivity index (χ0v) is 30.1. The van der Waals surface area contributed by atoms with Gasteiger partial charge in [0.25, 0.3) is 0 Å². The van der Waals surface area contributed by atoms with Crippen LogP contribution in [-0.2, 0) is 49.9 Å². The molecule has 0 spiro atoms. The van der Waals surface area contributed by atoms with E-state index in [1.807, 2.05) is 6.07 Å². The van der Waals surface area contributed by atoms with Crippen molar-refractivity contribution in [3.8, 4) is 22.3 Å². The fourth-order valence-electron chi connectivity index (χ4n) is 5.94. The van der Waals surface area contributed by atoms with E-state index in [1.165, 1.54) is 44.5 Å². The molecule has 2 aliphatic carbocycles. The van der Waals surface area contributed by atoms with E-state index in [1.54, 1.807) is 16.3 Å². The van der Waals surface area contributed by atoms with Crippen molar-refractivity contribution in [2.24, 2.45) is 0 Å². The molecule has 0 nitrogen and oxygen atoms in total. The Kier molecular flexibility index (Phi) is 11.5. The quantitative estimate of drug-likeness (QED) is 0.188. The van der Waals surface area contributed by atoms with Gasteiger partial charge in [-0.1, -0.05) is 126 Å². The molecule has 0 fully saturated rings. The van der Waals surface area contributed by atoms with Gasteiger partial charge < -0.3 is 24.8 Å². The van der Waals surface area contributed by atoms with Crippen molar-refractivity contribution in [3.63, 3.8) is 0 Å². The van der Waals surface area contributed by atoms with Crippen LogP contribution in [0.4, 0.5) is 0 Å². The fourth-order valence-corrected chi connectivity index (χ4v) is 7.76. The summed E-state index contributed by atoms with van der Waals surface area (Å²) in [5, 5.41) is 1.68. The Labute approximate surface area is 276 Å². The molecule has 0 aromatic heterocycles. The van der Waals surface area contributed by atoms with Gasteiger partial charge in [0.05, 0.1) is 8.80 Å². The minimum atomic E-state index is -0.503. The summed E-state index contributed by atoms with van der Waals surface area (Å²) in [6.07, 6.45) is 2.16. The molecule has 0 saturated carbocycles. The van der Waals surface area contributed by atoms with E-state index in [9.17, 15) is 0 Å². The van der Waals surface area contributed by atoms with Crippen LogP contribution in [0.15, 0.2) is 72.8 Å². The Hall–Kier alpha value is -1.44. The molecule has 4 aromatic rings. The number of fused-ring (bicyclic) bond motifs is 6. The first-order valence-electron chi connectivity index (χ1n) is 13.6. The molecule has 206 valence electrons. The number of hydrogen-bond acceptors (Lipinski definition) is 0. The summed E-state index contributed by atoms with van der Waals surface area (Å²) in [5.74, 6) is 0. The summed E-state index contributed by atoms with van der Waals surface area (Å²) in [5.41, 5.74) is 15.0. The van der Waals surface area contributed by atoms with Gasteiger partial charge in [0.2, 0.25) is 0 Å². The number of hydrogen-bond donors (Lipinski definition) is 0. The van der Waals surface area contributed by atoms with Gasteiger partial charge in [-0.3, -0.25) is 0 Å². The number of benzene rings is 4. The first-order valence-corrected chi connectivity index (χ1v) is 16.1. The van der Waals surface area contributed by atoms with E-state index in [4.69, 9.17) is 0 Å². The van der Waals surface area contributed by atoms with E-state index in [0.29, 0.717) is 0 Å². The third kappa shape index (κ3) is 6.78. The molecule has 2 radical (unpaired) electrons. The summed E-state index contributed by atoms with van der Waals surface area (Å²) in [6, 6.07) is 30.0. The predicted molar refractivity (Wildman–Crippen MR) is 163 cm³/mol. The van der Waals surface area contributed by atoms with Gasteiger partial charge in [-0.05, 0) is 57.1 Å². The molecule has 0 aliphatic heterocycles. The van der Waals surface area contributed by atoms with Gasteiger partial charge in [-0.2, -0.15) is 29.8 Å². The Morgan fingerprint density at radius 2 is 1.27 bits per heavy atom. The monoisotopic (exact) mass is 660 g/mol. The first kappa shape index (κ1) is 34.8. The van der Waals surface area contributed by atoms with Crippen molar-refractivity contribution >= 4 is 14.0 Å². The van der Waals surface area contributed by atoms with Crippen LogP contribution < -0.4 is 30.0 Å². The number of halogens is 2. The fraction of sp³-hybridized carbons (Fsp3) is 0.333. The summed E-state index contributed by atoms with van der Waals surface area (Å²) in [6.45, 7) is 18.9. The molecule has 40 heavy (non-hydrogen) atoms. The minimum Gasteiger partial charge on any atom is -1.00 e. The van der Waals surface area contributed by atoms with Crippen LogP contribution in [0, 0.1) is 6.07 Å². The molecule has 4 aromatic carbocycles. The SMILES string of the molecule is C[Si](C)c1c(C(C)(C)C)ccc2c1Cc1cc(C(C)(C)C)ccc1-2.[Cl-].[Cl-].[Zr+3].[c-]1cccc2c1Cc1ccccc1-2. The van der Waals surface area contributed by atoms with Crippen molar-refractivity contribution in [1.82, 2.24) is 0 Å². The second-order valence-corrected chi connectivity index (χ2v) is 15.5. The van der Waals surface area contributed by atoms with Gasteiger partial charge >= 0.3 is 26.2 Å². The smallest absolute Gasteiger partial charge is 1.00 e. The zero-order valence-electron chi connectivity index (χ0n) is 25.1. The molecule has 4 heteroatoms. The van der Waals surface area contributed by atoms with E-state index in [0.717, 1.165) is 12.8 Å². The summed E-state index contributed by atoms with van der Waals surface area (Å²) < 4.78 is 0. The maximum absolute atomic E-state index is 3.30. The molecule has 0 amide bonds. The Bertz CT molecular complexity index is 1430. The van der Waals surface area contributed by atoms with Crippen molar-refractivity contribution in [3.05, 3.63) is 112 Å². The van der Waals surface area contributed by atoms with Gasteiger partial charge in [0, 0.05) is 0 Å². The van der Waals surface area contributed by atoms with Crippen LogP contribution in [0.3, 0.4) is 0 Å². The molecule has 2 aliphatic rings. The average molecular weight is 663 g/mol. The van der Waals surface area contributed by atoms with E-state index >= 15 is 0 Å². The van der Waals surface area contributed by atoms with Crippen molar-refractivity contribution in [2.75, 3.05) is 0 Å². The molecule has 0 unspecified atom stereocenters. The third-order valence-corrected chi connectivity index (χ3v) is 9.44. The molecular weight excluding hydrogens is 623 g/mol. The van der Waals surface area contributed by atoms with Crippen molar-refractivity contribution in [1.29, 1.82) is 0 Å². The van der Waals surface area contributed by atoms with Crippen molar-refractivity contribution < 1.29 is 51.0 Å². The van der Waals surface area contributed by atoms with Gasteiger partial charge in [-0.25, -0.2) is 0 Å². The normalized spacial score (nSPS) is 12.4. The summed E-state index contributed by atoms with van der Waals surface area (Å²) >= 11 is 0. The van der Waals surface area contributed by atoms with Gasteiger partial charge in [0.1, 0.15) is 0 Å². The molecular formula is C36H40Cl2SiZr. The van der Waals surface area contributed by atoms with Crippen LogP contribution in [0.2, 0.25) is 13.1 Å². The largest absolute Gasteiger partial charge is 3.00 e. The standard InChI is InChI=1S/C23H31Si.C13H9.2ClH.Zr/c1-22(2,3)16-9-10-17-15(13-16)14-19-18(17)11-12-20(23(4,5)6)21(19)24(7)8;1-3-7-12-10(5-1)9-11-6-2-4-8-13(11)12;;;/h9-13H,14H2,1-8H3;1-5,7-8H,9H2;2*1H;/q;-1;;;+3/p-2. The molecule has 0 bridgehead atoms. The van der Waals surface area contributed by atoms with Gasteiger partial charge in [0.15, 0.2) is 0 Å². The Balaban J connectivity index is 0.000000298. The zero-order chi connectivity index (χ0) is 26.5. The Morgan fingerprint density at radius 1 is 0.650 bits per heavy atom. The Morgan fingerprint density at radius 3 is 1.93 bits per heavy atom. The molecule has 0 heterocycles. The van der Waals surface area contributed by atoms with E-state index in [-0.39, 0.29) is 61.8 Å².